The van der Waals surface area contributed by atoms with Crippen molar-refractivity contribution in [1.82, 2.24) is 0 Å². The van der Waals surface area contributed by atoms with Crippen LogP contribution in [0.1, 0.15) is 0 Å². The van der Waals surface area contributed by atoms with Crippen molar-refractivity contribution in [3.8, 4) is 44.5 Å². The van der Waals surface area contributed by atoms with E-state index in [4.69, 9.17) is 8.83 Å². The van der Waals surface area contributed by atoms with E-state index in [1.165, 1.54) is 5.56 Å². The average Bonchev–Trinajstić information content (AvgIpc) is 3.86. The first-order valence-corrected chi connectivity index (χ1v) is 19.3. The fourth-order valence-electron chi connectivity index (χ4n) is 8.28. The summed E-state index contributed by atoms with van der Waals surface area (Å²) in [6.45, 7) is 0. The van der Waals surface area contributed by atoms with Gasteiger partial charge in [-0.15, -0.1) is 0 Å². The first kappa shape index (κ1) is 32.8. The summed E-state index contributed by atoms with van der Waals surface area (Å²) in [5, 5.41) is 4.29. The molecule has 57 heavy (non-hydrogen) atoms. The molecule has 0 aliphatic heterocycles. The van der Waals surface area contributed by atoms with Gasteiger partial charge in [0.25, 0.3) is 0 Å². The zero-order valence-corrected chi connectivity index (χ0v) is 31.0. The Kier molecular flexibility index (Phi) is 7.82. The minimum absolute atomic E-state index is 0.834. The van der Waals surface area contributed by atoms with Crippen molar-refractivity contribution in [2.24, 2.45) is 0 Å². The highest BCUT2D eigenvalue weighted by Gasteiger charge is 2.23. The van der Waals surface area contributed by atoms with Gasteiger partial charge in [0.1, 0.15) is 22.3 Å². The van der Waals surface area contributed by atoms with E-state index in [0.29, 0.717) is 0 Å². The normalized spacial score (nSPS) is 11.5. The molecule has 11 aromatic rings. The number of benzene rings is 9. The van der Waals surface area contributed by atoms with E-state index in [2.05, 4.69) is 205 Å². The summed E-state index contributed by atoms with van der Waals surface area (Å²) < 4.78 is 13.6. The van der Waals surface area contributed by atoms with Gasteiger partial charge < -0.3 is 13.7 Å². The number of hydrogen-bond donors (Lipinski definition) is 0. The average molecular weight is 730 g/mol. The van der Waals surface area contributed by atoms with E-state index in [0.717, 1.165) is 99.9 Å². The van der Waals surface area contributed by atoms with E-state index in [1.54, 1.807) is 0 Å². The number of fused-ring (bicyclic) bond motifs is 6. The molecule has 0 aliphatic carbocycles. The first-order valence-electron chi connectivity index (χ1n) is 19.3. The Hall–Kier alpha value is -7.62. The molecule has 9 aromatic carbocycles. The Morgan fingerprint density at radius 2 is 0.737 bits per heavy atom. The molecule has 2 heterocycles. The molecule has 0 N–H and O–H groups in total. The van der Waals surface area contributed by atoms with Gasteiger partial charge in [0.15, 0.2) is 0 Å². The Morgan fingerprint density at radius 3 is 1.33 bits per heavy atom. The van der Waals surface area contributed by atoms with E-state index >= 15 is 0 Å². The monoisotopic (exact) mass is 729 g/mol. The number of rotatable bonds is 7. The summed E-state index contributed by atoms with van der Waals surface area (Å²) in [4.78, 5) is 2.34. The van der Waals surface area contributed by atoms with Crippen LogP contribution in [0.15, 0.2) is 221 Å². The summed E-state index contributed by atoms with van der Waals surface area (Å²) in [6, 6.07) is 74.9. The minimum Gasteiger partial charge on any atom is -0.456 e. The molecular weight excluding hydrogens is 695 g/mol. The van der Waals surface area contributed by atoms with Crippen molar-refractivity contribution >= 4 is 60.9 Å². The Morgan fingerprint density at radius 1 is 0.298 bits per heavy atom. The number of furan rings is 2. The quantitative estimate of drug-likeness (QED) is 0.164. The highest BCUT2D eigenvalue weighted by Crippen LogP contribution is 2.47. The molecule has 0 fully saturated rings. The Bertz CT molecular complexity index is 3200. The molecule has 2 aromatic heterocycles. The van der Waals surface area contributed by atoms with Crippen molar-refractivity contribution in [2.45, 2.75) is 0 Å². The van der Waals surface area contributed by atoms with Crippen LogP contribution in [-0.2, 0) is 0 Å². The van der Waals surface area contributed by atoms with Crippen molar-refractivity contribution in [3.63, 3.8) is 0 Å². The minimum atomic E-state index is 0.834. The van der Waals surface area contributed by atoms with E-state index < -0.39 is 0 Å². The largest absolute Gasteiger partial charge is 0.456 e. The van der Waals surface area contributed by atoms with Gasteiger partial charge in [-0.05, 0) is 99.6 Å². The van der Waals surface area contributed by atoms with E-state index in [1.807, 2.05) is 12.1 Å². The first-order chi connectivity index (χ1) is 28.2. The third-order valence-electron chi connectivity index (χ3n) is 11.1. The zero-order chi connectivity index (χ0) is 37.7. The van der Waals surface area contributed by atoms with E-state index in [-0.39, 0.29) is 0 Å². The molecule has 0 radical (unpaired) electrons. The molecule has 0 spiro atoms. The predicted octanol–water partition coefficient (Wildman–Crippen LogP) is 15.6. The van der Waals surface area contributed by atoms with E-state index in [9.17, 15) is 0 Å². The van der Waals surface area contributed by atoms with Crippen molar-refractivity contribution in [1.29, 1.82) is 0 Å². The van der Waals surface area contributed by atoms with Crippen LogP contribution in [-0.4, -0.2) is 0 Å². The van der Waals surface area contributed by atoms with Crippen LogP contribution in [0.25, 0.3) is 88.4 Å². The van der Waals surface area contributed by atoms with Crippen LogP contribution in [0.3, 0.4) is 0 Å². The number of anilines is 3. The molecule has 0 saturated carbocycles. The molecule has 0 unspecified atom stereocenters. The lowest BCUT2D eigenvalue weighted by molar-refractivity contribution is 0.669. The van der Waals surface area contributed by atoms with Gasteiger partial charge in [0, 0.05) is 39.2 Å². The topological polar surface area (TPSA) is 29.5 Å². The predicted molar refractivity (Wildman–Crippen MR) is 237 cm³/mol. The second kappa shape index (κ2) is 13.6. The lowest BCUT2D eigenvalue weighted by Crippen LogP contribution is -2.10. The molecule has 3 nitrogen and oxygen atoms in total. The van der Waals surface area contributed by atoms with Gasteiger partial charge in [-0.2, -0.15) is 0 Å². The molecule has 0 aliphatic rings. The van der Waals surface area contributed by atoms with Crippen LogP contribution in [0.2, 0.25) is 0 Å². The van der Waals surface area contributed by atoms with Crippen molar-refractivity contribution in [2.75, 3.05) is 4.90 Å². The molecular formula is C54H35NO2. The van der Waals surface area contributed by atoms with Gasteiger partial charge in [-0.1, -0.05) is 146 Å². The second-order valence-electron chi connectivity index (χ2n) is 14.5. The van der Waals surface area contributed by atoms with Gasteiger partial charge in [0.2, 0.25) is 0 Å². The molecule has 0 atom stereocenters. The fraction of sp³-hybridized carbons (Fsp3) is 0. The summed E-state index contributed by atoms with van der Waals surface area (Å²) in [6.07, 6.45) is 0. The third kappa shape index (κ3) is 5.76. The van der Waals surface area contributed by atoms with Crippen LogP contribution in [0.4, 0.5) is 17.1 Å². The van der Waals surface area contributed by atoms with Crippen LogP contribution >= 0.6 is 0 Å². The number of nitrogens with zero attached hydrogens (tertiary/aromatic N) is 1. The Balaban J connectivity index is 1.14. The molecule has 0 amide bonds. The third-order valence-corrected chi connectivity index (χ3v) is 11.1. The molecule has 0 saturated heterocycles. The van der Waals surface area contributed by atoms with Gasteiger partial charge >= 0.3 is 0 Å². The van der Waals surface area contributed by atoms with Gasteiger partial charge in [0.05, 0.1) is 11.1 Å². The van der Waals surface area contributed by atoms with Crippen molar-refractivity contribution < 1.29 is 8.83 Å². The van der Waals surface area contributed by atoms with Gasteiger partial charge in [-0.3, -0.25) is 0 Å². The van der Waals surface area contributed by atoms with Gasteiger partial charge in [-0.25, -0.2) is 0 Å². The van der Waals surface area contributed by atoms with Crippen LogP contribution in [0.5, 0.6) is 0 Å². The summed E-state index contributed by atoms with van der Waals surface area (Å²) in [7, 11) is 0. The SMILES string of the molecule is c1ccc(-c2ccc(N(c3ccc4c(c3)oc3cc(-c5ccccc5)ccc34)c3ccc(-c4ccccc4)c4oc5cc(-c6ccccc6)ccc5c34)cc2)cc1. The fourth-order valence-corrected chi connectivity index (χ4v) is 8.28. The highest BCUT2D eigenvalue weighted by atomic mass is 16.3. The summed E-state index contributed by atoms with van der Waals surface area (Å²) >= 11 is 0. The van der Waals surface area contributed by atoms with Crippen LogP contribution in [0, 0.1) is 0 Å². The molecule has 11 rings (SSSR count). The number of hydrogen-bond acceptors (Lipinski definition) is 3. The summed E-state index contributed by atoms with van der Waals surface area (Å²) in [5.74, 6) is 0. The lowest BCUT2D eigenvalue weighted by atomic mass is 9.98. The zero-order valence-electron chi connectivity index (χ0n) is 31.0. The molecule has 268 valence electrons. The van der Waals surface area contributed by atoms with Crippen molar-refractivity contribution in [3.05, 3.63) is 212 Å². The summed E-state index contributed by atoms with van der Waals surface area (Å²) in [5.41, 5.74) is 15.5. The standard InChI is InChI=1S/C54H35NO2/c1-5-13-36(14-6-1)39-21-25-43(26-22-39)55(44-27-30-47-46-28-23-41(37-15-7-2-8-16-37)33-50(46)56-52(47)35-44)49-32-31-45(40-19-11-4-12-20-40)54-53(49)48-29-24-42(34-51(48)57-54)38-17-9-3-10-18-38/h1-35H. The highest BCUT2D eigenvalue weighted by molar-refractivity contribution is 6.18. The van der Waals surface area contributed by atoms with Crippen LogP contribution < -0.4 is 4.90 Å². The lowest BCUT2D eigenvalue weighted by Gasteiger charge is -2.27. The smallest absolute Gasteiger partial charge is 0.145 e. The maximum atomic E-state index is 6.95. The maximum Gasteiger partial charge on any atom is 0.145 e. The second-order valence-corrected chi connectivity index (χ2v) is 14.5. The Labute approximate surface area is 330 Å². The maximum absolute atomic E-state index is 6.95. The molecule has 3 heteroatoms. The molecule has 0 bridgehead atoms.